The number of nitrogens with one attached hydrogen (secondary N) is 2. The van der Waals surface area contributed by atoms with Crippen molar-refractivity contribution in [2.45, 2.75) is 18.6 Å². The summed E-state index contributed by atoms with van der Waals surface area (Å²) in [4.78, 5) is 10.7. The Hall–Kier alpha value is -2.68. The first-order valence-corrected chi connectivity index (χ1v) is 8.31. The molecule has 1 aliphatic rings. The van der Waals surface area contributed by atoms with Crippen molar-refractivity contribution >= 4 is 16.9 Å². The molecule has 1 saturated heterocycles. The highest BCUT2D eigenvalue weighted by molar-refractivity contribution is 5.89. The van der Waals surface area contributed by atoms with Crippen molar-refractivity contribution in [1.29, 1.82) is 0 Å². The van der Waals surface area contributed by atoms with Crippen LogP contribution in [-0.2, 0) is 0 Å². The minimum Gasteiger partial charge on any atom is -0.354 e. The van der Waals surface area contributed by atoms with E-state index in [-0.39, 0.29) is 6.54 Å². The Balaban J connectivity index is 1.60. The van der Waals surface area contributed by atoms with Crippen LogP contribution in [-0.4, -0.2) is 52.0 Å². The highest BCUT2D eigenvalue weighted by Gasteiger charge is 2.34. The number of alkyl halides is 3. The highest BCUT2D eigenvalue weighted by atomic mass is 19.4. The van der Waals surface area contributed by atoms with E-state index in [4.69, 9.17) is 0 Å². The fourth-order valence-corrected chi connectivity index (χ4v) is 3.23. The number of H-pyrrole nitrogens is 1. The van der Waals surface area contributed by atoms with Crippen LogP contribution in [0.3, 0.4) is 0 Å². The SMILES string of the molecule is FC(F)(F)CC1CN(c2cccc(-c3n[nH]c4ncccc34)n2)CCN1. The molecule has 0 aromatic carbocycles. The molecule has 0 bridgehead atoms. The van der Waals surface area contributed by atoms with Crippen LogP contribution in [0.15, 0.2) is 36.5 Å². The summed E-state index contributed by atoms with van der Waals surface area (Å²) in [7, 11) is 0. The molecule has 1 unspecified atom stereocenters. The van der Waals surface area contributed by atoms with Gasteiger partial charge in [0.05, 0.1) is 12.1 Å². The minimum atomic E-state index is -4.18. The Morgan fingerprint density at radius 3 is 2.92 bits per heavy atom. The molecule has 9 heteroatoms. The number of anilines is 1. The maximum absolute atomic E-state index is 12.7. The van der Waals surface area contributed by atoms with Crippen molar-refractivity contribution in [2.24, 2.45) is 0 Å². The lowest BCUT2D eigenvalue weighted by molar-refractivity contribution is -0.139. The number of hydrogen-bond donors (Lipinski definition) is 2. The number of aromatic nitrogens is 4. The van der Waals surface area contributed by atoms with Gasteiger partial charge >= 0.3 is 6.18 Å². The van der Waals surface area contributed by atoms with Gasteiger partial charge in [0.25, 0.3) is 0 Å². The number of fused-ring (bicyclic) bond motifs is 1. The summed E-state index contributed by atoms with van der Waals surface area (Å²) in [5.74, 6) is 0.649. The standard InChI is InChI=1S/C17H17F3N6/c18-17(19,20)9-11-10-26(8-7-21-11)14-5-1-4-13(23-14)15-12-3-2-6-22-16(12)25-24-15/h1-6,11,21H,7-10H2,(H,22,24,25). The molecule has 0 amide bonds. The van der Waals surface area contributed by atoms with Crippen molar-refractivity contribution in [3.63, 3.8) is 0 Å². The van der Waals surface area contributed by atoms with Crippen LogP contribution in [0.25, 0.3) is 22.4 Å². The van der Waals surface area contributed by atoms with Crippen molar-refractivity contribution in [3.05, 3.63) is 36.5 Å². The van der Waals surface area contributed by atoms with Crippen LogP contribution >= 0.6 is 0 Å². The predicted molar refractivity (Wildman–Crippen MR) is 91.8 cm³/mol. The van der Waals surface area contributed by atoms with Crippen LogP contribution in [0, 0.1) is 0 Å². The molecule has 3 aromatic rings. The van der Waals surface area contributed by atoms with Gasteiger partial charge in [0, 0.05) is 37.3 Å². The third-order valence-electron chi connectivity index (χ3n) is 4.37. The molecule has 136 valence electrons. The van der Waals surface area contributed by atoms with Crippen molar-refractivity contribution in [1.82, 2.24) is 25.5 Å². The van der Waals surface area contributed by atoms with E-state index in [9.17, 15) is 13.2 Å². The molecule has 0 aliphatic carbocycles. The summed E-state index contributed by atoms with van der Waals surface area (Å²) in [6, 6.07) is 8.58. The van der Waals surface area contributed by atoms with Gasteiger partial charge in [-0.05, 0) is 24.3 Å². The molecule has 26 heavy (non-hydrogen) atoms. The predicted octanol–water partition coefficient (Wildman–Crippen LogP) is 2.75. The Bertz CT molecular complexity index is 907. The second-order valence-corrected chi connectivity index (χ2v) is 6.27. The highest BCUT2D eigenvalue weighted by Crippen LogP contribution is 2.27. The Kier molecular flexibility index (Phi) is 4.23. The van der Waals surface area contributed by atoms with E-state index >= 15 is 0 Å². The molecule has 4 rings (SSSR count). The molecule has 0 spiro atoms. The van der Waals surface area contributed by atoms with Gasteiger partial charge in [0.1, 0.15) is 11.5 Å². The van der Waals surface area contributed by atoms with Gasteiger partial charge in [-0.15, -0.1) is 0 Å². The zero-order valence-electron chi connectivity index (χ0n) is 13.8. The smallest absolute Gasteiger partial charge is 0.354 e. The lowest BCUT2D eigenvalue weighted by Gasteiger charge is -2.35. The summed E-state index contributed by atoms with van der Waals surface area (Å²) >= 11 is 0. The monoisotopic (exact) mass is 362 g/mol. The fraction of sp³-hybridized carbons (Fsp3) is 0.353. The number of piperazine rings is 1. The van der Waals surface area contributed by atoms with Crippen LogP contribution in [0.1, 0.15) is 6.42 Å². The van der Waals surface area contributed by atoms with Gasteiger partial charge in [-0.25, -0.2) is 9.97 Å². The zero-order valence-corrected chi connectivity index (χ0v) is 13.8. The Labute approximate surface area is 147 Å². The fourth-order valence-electron chi connectivity index (χ4n) is 3.23. The molecular weight excluding hydrogens is 345 g/mol. The second-order valence-electron chi connectivity index (χ2n) is 6.27. The molecule has 0 radical (unpaired) electrons. The zero-order chi connectivity index (χ0) is 18.1. The molecule has 6 nitrogen and oxygen atoms in total. The number of halogens is 3. The van der Waals surface area contributed by atoms with Gasteiger partial charge in [-0.3, -0.25) is 5.10 Å². The van der Waals surface area contributed by atoms with Crippen molar-refractivity contribution in [2.75, 3.05) is 24.5 Å². The van der Waals surface area contributed by atoms with Crippen LogP contribution < -0.4 is 10.2 Å². The van der Waals surface area contributed by atoms with Crippen LogP contribution in [0.2, 0.25) is 0 Å². The Morgan fingerprint density at radius 1 is 1.19 bits per heavy atom. The number of nitrogens with zero attached hydrogens (tertiary/aromatic N) is 4. The molecule has 0 saturated carbocycles. The van der Waals surface area contributed by atoms with Crippen molar-refractivity contribution in [3.8, 4) is 11.4 Å². The molecule has 1 atom stereocenters. The third kappa shape index (κ3) is 3.48. The quantitative estimate of drug-likeness (QED) is 0.750. The van der Waals surface area contributed by atoms with Crippen molar-refractivity contribution < 1.29 is 13.2 Å². The van der Waals surface area contributed by atoms with E-state index in [2.05, 4.69) is 25.5 Å². The van der Waals surface area contributed by atoms with E-state index < -0.39 is 18.6 Å². The maximum Gasteiger partial charge on any atom is 0.390 e. The Morgan fingerprint density at radius 2 is 2.08 bits per heavy atom. The van der Waals surface area contributed by atoms with Gasteiger partial charge < -0.3 is 10.2 Å². The number of aromatic amines is 1. The first kappa shape index (κ1) is 16.8. The van der Waals surface area contributed by atoms with Crippen LogP contribution in [0.5, 0.6) is 0 Å². The second kappa shape index (κ2) is 6.56. The average Bonchev–Trinajstić information content (AvgIpc) is 3.05. The van der Waals surface area contributed by atoms with E-state index in [1.54, 1.807) is 6.20 Å². The van der Waals surface area contributed by atoms with Gasteiger partial charge in [0.2, 0.25) is 0 Å². The van der Waals surface area contributed by atoms with Gasteiger partial charge in [-0.2, -0.15) is 18.3 Å². The lowest BCUT2D eigenvalue weighted by Crippen LogP contribution is -2.52. The third-order valence-corrected chi connectivity index (χ3v) is 4.37. The summed E-state index contributed by atoms with van der Waals surface area (Å²) < 4.78 is 38.0. The van der Waals surface area contributed by atoms with E-state index in [1.165, 1.54) is 0 Å². The normalized spacial score (nSPS) is 18.4. The largest absolute Gasteiger partial charge is 0.390 e. The molecule has 2 N–H and O–H groups in total. The molecule has 4 heterocycles. The molecule has 1 fully saturated rings. The topological polar surface area (TPSA) is 69.7 Å². The number of pyridine rings is 2. The summed E-state index contributed by atoms with van der Waals surface area (Å²) in [6.07, 6.45) is -3.36. The maximum atomic E-state index is 12.7. The first-order valence-electron chi connectivity index (χ1n) is 8.31. The van der Waals surface area contributed by atoms with Crippen LogP contribution in [0.4, 0.5) is 19.0 Å². The number of rotatable bonds is 3. The summed E-state index contributed by atoms with van der Waals surface area (Å²) in [5, 5.41) is 10.9. The number of hydrogen-bond acceptors (Lipinski definition) is 5. The molecule has 3 aromatic heterocycles. The lowest BCUT2D eigenvalue weighted by atomic mass is 10.1. The summed E-state index contributed by atoms with van der Waals surface area (Å²) in [6.45, 7) is 1.36. The average molecular weight is 362 g/mol. The van der Waals surface area contributed by atoms with E-state index in [0.29, 0.717) is 35.9 Å². The van der Waals surface area contributed by atoms with E-state index in [0.717, 1.165) is 5.39 Å². The summed E-state index contributed by atoms with van der Waals surface area (Å²) in [5.41, 5.74) is 2.01. The van der Waals surface area contributed by atoms with E-state index in [1.807, 2.05) is 35.2 Å². The first-order chi connectivity index (χ1) is 12.5. The molecule has 1 aliphatic heterocycles. The molecular formula is C17H17F3N6. The van der Waals surface area contributed by atoms with Gasteiger partial charge in [0.15, 0.2) is 5.65 Å². The minimum absolute atomic E-state index is 0.263. The van der Waals surface area contributed by atoms with Gasteiger partial charge in [-0.1, -0.05) is 6.07 Å².